The van der Waals surface area contributed by atoms with Crippen molar-refractivity contribution in [3.05, 3.63) is 58.6 Å². The number of carbonyl (C=O) groups excluding carboxylic acids is 1. The average molecular weight is 419 g/mol. The first kappa shape index (κ1) is 18.9. The fraction of sp³-hybridized carbons (Fsp3) is 0.250. The lowest BCUT2D eigenvalue weighted by Gasteiger charge is -2.32. The first-order valence-electron chi connectivity index (χ1n) is 8.92. The van der Waals surface area contributed by atoms with Crippen molar-refractivity contribution in [3.8, 4) is 0 Å². The van der Waals surface area contributed by atoms with Crippen LogP contribution in [0.25, 0.3) is 10.9 Å². The molecule has 4 rings (SSSR count). The van der Waals surface area contributed by atoms with Gasteiger partial charge in [0, 0.05) is 35.1 Å². The Kier molecular flexibility index (Phi) is 5.33. The number of piperidine rings is 1. The molecule has 0 spiro atoms. The summed E-state index contributed by atoms with van der Waals surface area (Å²) in [6, 6.07) is 9.73. The number of hydrogen-bond acceptors (Lipinski definition) is 4. The third-order valence-electron chi connectivity index (χ3n) is 4.93. The highest BCUT2D eigenvalue weighted by molar-refractivity contribution is 6.31. The second kappa shape index (κ2) is 7.89. The van der Waals surface area contributed by atoms with Crippen LogP contribution in [0, 0.1) is 11.7 Å². The van der Waals surface area contributed by atoms with E-state index in [-0.39, 0.29) is 16.8 Å². The van der Waals surface area contributed by atoms with Gasteiger partial charge in [-0.3, -0.25) is 4.79 Å². The van der Waals surface area contributed by atoms with E-state index in [1.165, 1.54) is 24.5 Å². The molecule has 1 N–H and O–H groups in total. The number of anilines is 2. The molecule has 2 heterocycles. The number of nitrogens with one attached hydrogen (secondary N) is 1. The predicted molar refractivity (Wildman–Crippen MR) is 110 cm³/mol. The van der Waals surface area contributed by atoms with E-state index >= 15 is 0 Å². The van der Waals surface area contributed by atoms with E-state index in [0.29, 0.717) is 36.6 Å². The summed E-state index contributed by atoms with van der Waals surface area (Å²) in [5, 5.41) is 4.38. The third kappa shape index (κ3) is 3.88. The van der Waals surface area contributed by atoms with Crippen molar-refractivity contribution >= 4 is 51.5 Å². The predicted octanol–water partition coefficient (Wildman–Crippen LogP) is 4.93. The third-order valence-corrected chi connectivity index (χ3v) is 5.45. The molecule has 1 aliphatic heterocycles. The zero-order valence-electron chi connectivity index (χ0n) is 14.8. The maximum atomic E-state index is 13.3. The minimum atomic E-state index is -0.508. The number of amides is 1. The summed E-state index contributed by atoms with van der Waals surface area (Å²) in [4.78, 5) is 23.4. The first-order chi connectivity index (χ1) is 13.5. The van der Waals surface area contributed by atoms with Gasteiger partial charge in [0.25, 0.3) is 0 Å². The van der Waals surface area contributed by atoms with E-state index in [2.05, 4.69) is 20.2 Å². The number of fused-ring (bicyclic) bond motifs is 1. The Morgan fingerprint density at radius 1 is 1.11 bits per heavy atom. The van der Waals surface area contributed by atoms with Gasteiger partial charge in [0.2, 0.25) is 5.91 Å². The molecule has 144 valence electrons. The summed E-state index contributed by atoms with van der Waals surface area (Å²) in [7, 11) is 0. The summed E-state index contributed by atoms with van der Waals surface area (Å²) < 4.78 is 13.3. The number of nitrogens with zero attached hydrogens (tertiary/aromatic N) is 3. The van der Waals surface area contributed by atoms with Crippen molar-refractivity contribution in [1.29, 1.82) is 0 Å². The highest BCUT2D eigenvalue weighted by Gasteiger charge is 2.26. The molecule has 1 aromatic heterocycles. The molecule has 0 aliphatic carbocycles. The minimum Gasteiger partial charge on any atom is -0.356 e. The van der Waals surface area contributed by atoms with Gasteiger partial charge < -0.3 is 10.2 Å². The molecule has 28 heavy (non-hydrogen) atoms. The number of rotatable bonds is 3. The highest BCUT2D eigenvalue weighted by atomic mass is 35.5. The quantitative estimate of drug-likeness (QED) is 0.654. The molecule has 1 fully saturated rings. The standard InChI is InChI=1S/C20H17Cl2FN4O/c21-13-1-3-15-18(9-13)24-11-25-19(15)27-7-5-12(6-8-27)20(28)26-14-2-4-17(23)16(22)10-14/h1-4,9-12H,5-8H2,(H,26,28). The molecular formula is C20H17Cl2FN4O. The van der Waals surface area contributed by atoms with E-state index in [9.17, 15) is 9.18 Å². The molecule has 1 aliphatic rings. The number of halogens is 3. The Labute approximate surface area is 171 Å². The molecule has 1 saturated heterocycles. The molecule has 0 bridgehead atoms. The van der Waals surface area contributed by atoms with E-state index < -0.39 is 5.82 Å². The maximum Gasteiger partial charge on any atom is 0.227 e. The maximum absolute atomic E-state index is 13.3. The zero-order valence-corrected chi connectivity index (χ0v) is 16.3. The van der Waals surface area contributed by atoms with Gasteiger partial charge in [0.1, 0.15) is 18.0 Å². The topological polar surface area (TPSA) is 58.1 Å². The van der Waals surface area contributed by atoms with Crippen LogP contribution in [0.2, 0.25) is 10.0 Å². The molecule has 1 amide bonds. The Hall–Kier alpha value is -2.44. The highest BCUT2D eigenvalue weighted by Crippen LogP contribution is 2.29. The number of aromatic nitrogens is 2. The van der Waals surface area contributed by atoms with Crippen molar-refractivity contribution in [1.82, 2.24) is 9.97 Å². The largest absolute Gasteiger partial charge is 0.356 e. The van der Waals surface area contributed by atoms with E-state index in [0.717, 1.165) is 16.7 Å². The first-order valence-corrected chi connectivity index (χ1v) is 9.68. The summed E-state index contributed by atoms with van der Waals surface area (Å²) >= 11 is 11.8. The van der Waals surface area contributed by atoms with Gasteiger partial charge in [0.05, 0.1) is 10.5 Å². The van der Waals surface area contributed by atoms with E-state index in [4.69, 9.17) is 23.2 Å². The fourth-order valence-electron chi connectivity index (χ4n) is 3.44. The van der Waals surface area contributed by atoms with Crippen LogP contribution >= 0.6 is 23.2 Å². The second-order valence-corrected chi connectivity index (χ2v) is 7.58. The van der Waals surface area contributed by atoms with Gasteiger partial charge >= 0.3 is 0 Å². The molecule has 2 aromatic carbocycles. The lowest BCUT2D eigenvalue weighted by atomic mass is 9.95. The van der Waals surface area contributed by atoms with Crippen LogP contribution in [-0.4, -0.2) is 29.0 Å². The molecular weight excluding hydrogens is 402 g/mol. The van der Waals surface area contributed by atoms with E-state index in [1.807, 2.05) is 18.2 Å². The van der Waals surface area contributed by atoms with Crippen molar-refractivity contribution in [2.45, 2.75) is 12.8 Å². The monoisotopic (exact) mass is 418 g/mol. The van der Waals surface area contributed by atoms with Gasteiger partial charge in [-0.25, -0.2) is 14.4 Å². The van der Waals surface area contributed by atoms with Gasteiger partial charge in [-0.2, -0.15) is 0 Å². The Bertz CT molecular complexity index is 1040. The van der Waals surface area contributed by atoms with E-state index in [1.54, 1.807) is 0 Å². The van der Waals surface area contributed by atoms with Crippen LogP contribution < -0.4 is 10.2 Å². The Morgan fingerprint density at radius 3 is 2.64 bits per heavy atom. The molecule has 8 heteroatoms. The number of carbonyl (C=O) groups is 1. The van der Waals surface area contributed by atoms with Crippen LogP contribution in [0.3, 0.4) is 0 Å². The van der Waals surface area contributed by atoms with Gasteiger partial charge in [0.15, 0.2) is 0 Å². The van der Waals surface area contributed by atoms with Crippen LogP contribution in [0.4, 0.5) is 15.9 Å². The second-order valence-electron chi connectivity index (χ2n) is 6.74. The molecule has 5 nitrogen and oxygen atoms in total. The molecule has 0 atom stereocenters. The smallest absolute Gasteiger partial charge is 0.227 e. The zero-order chi connectivity index (χ0) is 19.7. The van der Waals surface area contributed by atoms with Crippen LogP contribution in [0.5, 0.6) is 0 Å². The number of benzene rings is 2. The molecule has 0 radical (unpaired) electrons. The molecule has 3 aromatic rings. The minimum absolute atomic E-state index is 0.0108. The van der Waals surface area contributed by atoms with Crippen molar-refractivity contribution < 1.29 is 9.18 Å². The molecule has 0 saturated carbocycles. The normalized spacial score (nSPS) is 15.0. The average Bonchev–Trinajstić information content (AvgIpc) is 2.70. The Morgan fingerprint density at radius 2 is 1.89 bits per heavy atom. The lowest BCUT2D eigenvalue weighted by Crippen LogP contribution is -2.38. The van der Waals surface area contributed by atoms with Crippen molar-refractivity contribution in [2.75, 3.05) is 23.3 Å². The summed E-state index contributed by atoms with van der Waals surface area (Å²) in [6.45, 7) is 1.41. The SMILES string of the molecule is O=C(Nc1ccc(F)c(Cl)c1)C1CCN(c2ncnc3cc(Cl)ccc23)CC1. The van der Waals surface area contributed by atoms with Crippen molar-refractivity contribution in [3.63, 3.8) is 0 Å². The van der Waals surface area contributed by atoms with Gasteiger partial charge in [-0.1, -0.05) is 23.2 Å². The van der Waals surface area contributed by atoms with Gasteiger partial charge in [-0.05, 0) is 49.2 Å². The summed E-state index contributed by atoms with van der Waals surface area (Å²) in [5.74, 6) is 0.140. The summed E-state index contributed by atoms with van der Waals surface area (Å²) in [5.41, 5.74) is 1.29. The van der Waals surface area contributed by atoms with Crippen LogP contribution in [0.15, 0.2) is 42.7 Å². The fourth-order valence-corrected chi connectivity index (χ4v) is 3.79. The van der Waals surface area contributed by atoms with Crippen molar-refractivity contribution in [2.24, 2.45) is 5.92 Å². The van der Waals surface area contributed by atoms with Crippen LogP contribution in [-0.2, 0) is 4.79 Å². The molecule has 0 unspecified atom stereocenters. The number of hydrogen-bond donors (Lipinski definition) is 1. The lowest BCUT2D eigenvalue weighted by molar-refractivity contribution is -0.120. The Balaban J connectivity index is 1.43. The van der Waals surface area contributed by atoms with Crippen LogP contribution in [0.1, 0.15) is 12.8 Å². The van der Waals surface area contributed by atoms with Gasteiger partial charge in [-0.15, -0.1) is 0 Å². The summed E-state index contributed by atoms with van der Waals surface area (Å²) in [6.07, 6.45) is 2.92.